The summed E-state index contributed by atoms with van der Waals surface area (Å²) in [7, 11) is -2.97. The summed E-state index contributed by atoms with van der Waals surface area (Å²) in [5.74, 6) is 0.0357. The summed E-state index contributed by atoms with van der Waals surface area (Å²) in [5, 5.41) is 2.68. The highest BCUT2D eigenvalue weighted by Crippen LogP contribution is 2.12. The average molecular weight is 234 g/mol. The van der Waals surface area contributed by atoms with Crippen LogP contribution in [0.15, 0.2) is 0 Å². The van der Waals surface area contributed by atoms with Crippen LogP contribution in [-0.2, 0) is 14.6 Å². The maximum atomic E-state index is 11.4. The zero-order valence-electron chi connectivity index (χ0n) is 8.90. The fourth-order valence-electron chi connectivity index (χ4n) is 1.63. The first-order valence-corrected chi connectivity index (χ1v) is 7.03. The van der Waals surface area contributed by atoms with Gasteiger partial charge in [0.2, 0.25) is 5.91 Å². The quantitative estimate of drug-likeness (QED) is 0.683. The van der Waals surface area contributed by atoms with Gasteiger partial charge >= 0.3 is 0 Å². The molecule has 0 radical (unpaired) electrons. The third-order valence-electron chi connectivity index (χ3n) is 2.59. The predicted molar refractivity (Wildman–Crippen MR) is 58.1 cm³/mol. The van der Waals surface area contributed by atoms with E-state index in [0.717, 1.165) is 6.42 Å². The first-order valence-electron chi connectivity index (χ1n) is 5.21. The third-order valence-corrected chi connectivity index (χ3v) is 4.41. The van der Waals surface area contributed by atoms with Gasteiger partial charge in [0, 0.05) is 6.04 Å². The van der Waals surface area contributed by atoms with Gasteiger partial charge in [-0.1, -0.05) is 6.92 Å². The fourth-order valence-corrected chi connectivity index (χ4v) is 3.27. The van der Waals surface area contributed by atoms with E-state index in [1.165, 1.54) is 0 Å². The lowest BCUT2D eigenvalue weighted by atomic mass is 10.1. The summed E-state index contributed by atoms with van der Waals surface area (Å²) in [5.41, 5.74) is 5.54. The van der Waals surface area contributed by atoms with E-state index in [2.05, 4.69) is 5.32 Å². The smallest absolute Gasteiger partial charge is 0.237 e. The molecule has 1 heterocycles. The molecule has 2 unspecified atom stereocenters. The molecule has 0 aromatic heterocycles. The normalized spacial score (nSPS) is 26.9. The van der Waals surface area contributed by atoms with Gasteiger partial charge < -0.3 is 11.1 Å². The number of hydrogen-bond donors (Lipinski definition) is 2. The molecule has 5 nitrogen and oxygen atoms in total. The summed E-state index contributed by atoms with van der Waals surface area (Å²) in [4.78, 5) is 11.4. The molecule has 1 aliphatic heterocycles. The summed E-state index contributed by atoms with van der Waals surface area (Å²) in [6.07, 6.45) is 1.90. The van der Waals surface area contributed by atoms with Crippen molar-refractivity contribution in [1.82, 2.24) is 5.32 Å². The Morgan fingerprint density at radius 2 is 2.27 bits per heavy atom. The van der Waals surface area contributed by atoms with E-state index in [-0.39, 0.29) is 23.5 Å². The van der Waals surface area contributed by atoms with Crippen molar-refractivity contribution in [3.05, 3.63) is 0 Å². The van der Waals surface area contributed by atoms with Crippen LogP contribution in [0.4, 0.5) is 0 Å². The van der Waals surface area contributed by atoms with Crippen molar-refractivity contribution in [1.29, 1.82) is 0 Å². The Kier molecular flexibility index (Phi) is 4.10. The summed E-state index contributed by atoms with van der Waals surface area (Å²) >= 11 is 0. The van der Waals surface area contributed by atoms with Gasteiger partial charge in [0.25, 0.3) is 0 Å². The van der Waals surface area contributed by atoms with Crippen LogP contribution in [0, 0.1) is 0 Å². The number of carbonyl (C=O) groups is 1. The standard InChI is InChI=1S/C9H18N2O3S/c1-2-8(10)9(12)11-7-4-3-5-15(13,14)6-7/h7-8H,2-6,10H2,1H3,(H,11,12). The molecular formula is C9H18N2O3S. The van der Waals surface area contributed by atoms with Gasteiger partial charge in [-0.05, 0) is 19.3 Å². The van der Waals surface area contributed by atoms with Crippen LogP contribution < -0.4 is 11.1 Å². The van der Waals surface area contributed by atoms with Gasteiger partial charge in [-0.25, -0.2) is 8.42 Å². The second-order valence-corrected chi connectivity index (χ2v) is 6.21. The van der Waals surface area contributed by atoms with E-state index >= 15 is 0 Å². The van der Waals surface area contributed by atoms with Crippen molar-refractivity contribution in [2.75, 3.05) is 11.5 Å². The number of hydrogen-bond acceptors (Lipinski definition) is 4. The first kappa shape index (κ1) is 12.4. The third kappa shape index (κ3) is 3.79. The molecule has 0 saturated carbocycles. The minimum atomic E-state index is -2.97. The minimum Gasteiger partial charge on any atom is -0.351 e. The second-order valence-electron chi connectivity index (χ2n) is 3.98. The monoisotopic (exact) mass is 234 g/mol. The van der Waals surface area contributed by atoms with Crippen molar-refractivity contribution >= 4 is 15.7 Å². The zero-order chi connectivity index (χ0) is 11.5. The zero-order valence-corrected chi connectivity index (χ0v) is 9.72. The molecule has 1 fully saturated rings. The maximum Gasteiger partial charge on any atom is 0.237 e. The Balaban J connectivity index is 2.49. The van der Waals surface area contributed by atoms with Crippen LogP contribution in [0.1, 0.15) is 26.2 Å². The van der Waals surface area contributed by atoms with Crippen molar-refractivity contribution in [3.63, 3.8) is 0 Å². The Labute approximate surface area is 90.3 Å². The van der Waals surface area contributed by atoms with E-state index < -0.39 is 15.9 Å². The van der Waals surface area contributed by atoms with Gasteiger partial charge in [-0.15, -0.1) is 0 Å². The van der Waals surface area contributed by atoms with Gasteiger partial charge in [-0.3, -0.25) is 4.79 Å². The highest BCUT2D eigenvalue weighted by Gasteiger charge is 2.26. The van der Waals surface area contributed by atoms with E-state index in [9.17, 15) is 13.2 Å². The lowest BCUT2D eigenvalue weighted by molar-refractivity contribution is -0.123. The molecule has 1 amide bonds. The molecule has 0 aromatic rings. The van der Waals surface area contributed by atoms with Crippen LogP contribution >= 0.6 is 0 Å². The summed E-state index contributed by atoms with van der Waals surface area (Å²) in [6, 6.07) is -0.788. The van der Waals surface area contributed by atoms with E-state index in [1.54, 1.807) is 0 Å². The van der Waals surface area contributed by atoms with Crippen LogP contribution in [-0.4, -0.2) is 37.9 Å². The van der Waals surface area contributed by atoms with Crippen molar-refractivity contribution < 1.29 is 13.2 Å². The molecule has 15 heavy (non-hydrogen) atoms. The van der Waals surface area contributed by atoms with Crippen molar-refractivity contribution in [2.45, 2.75) is 38.3 Å². The summed E-state index contributed by atoms with van der Waals surface area (Å²) in [6.45, 7) is 1.82. The molecule has 0 spiro atoms. The topological polar surface area (TPSA) is 89.3 Å². The van der Waals surface area contributed by atoms with Crippen LogP contribution in [0.5, 0.6) is 0 Å². The Bertz CT molecular complexity index is 326. The van der Waals surface area contributed by atoms with Crippen LogP contribution in [0.2, 0.25) is 0 Å². The number of rotatable bonds is 3. The van der Waals surface area contributed by atoms with E-state index in [4.69, 9.17) is 5.73 Å². The molecule has 1 aliphatic rings. The predicted octanol–water partition coefficient (Wildman–Crippen LogP) is -0.583. The van der Waals surface area contributed by atoms with Gasteiger partial charge in [-0.2, -0.15) is 0 Å². The van der Waals surface area contributed by atoms with Crippen molar-refractivity contribution in [2.24, 2.45) is 5.73 Å². The lowest BCUT2D eigenvalue weighted by Crippen LogP contribution is -2.49. The van der Waals surface area contributed by atoms with Crippen molar-refractivity contribution in [3.8, 4) is 0 Å². The van der Waals surface area contributed by atoms with Gasteiger partial charge in [0.15, 0.2) is 9.84 Å². The Morgan fingerprint density at radius 3 is 2.80 bits per heavy atom. The number of sulfone groups is 1. The number of amides is 1. The Morgan fingerprint density at radius 1 is 1.60 bits per heavy atom. The highest BCUT2D eigenvalue weighted by atomic mass is 32.2. The van der Waals surface area contributed by atoms with E-state index in [1.807, 2.05) is 6.92 Å². The number of nitrogens with one attached hydrogen (secondary N) is 1. The molecule has 1 rings (SSSR count). The van der Waals surface area contributed by atoms with Gasteiger partial charge in [0.1, 0.15) is 0 Å². The number of carbonyl (C=O) groups excluding carboxylic acids is 1. The van der Waals surface area contributed by atoms with Gasteiger partial charge in [0.05, 0.1) is 17.5 Å². The molecule has 0 aliphatic carbocycles. The molecule has 3 N–H and O–H groups in total. The van der Waals surface area contributed by atoms with Crippen LogP contribution in [0.3, 0.4) is 0 Å². The van der Waals surface area contributed by atoms with Crippen LogP contribution in [0.25, 0.3) is 0 Å². The molecule has 0 aromatic carbocycles. The molecule has 6 heteroatoms. The largest absolute Gasteiger partial charge is 0.351 e. The fraction of sp³-hybridized carbons (Fsp3) is 0.889. The molecular weight excluding hydrogens is 216 g/mol. The highest BCUT2D eigenvalue weighted by molar-refractivity contribution is 7.91. The van der Waals surface area contributed by atoms with E-state index in [0.29, 0.717) is 12.8 Å². The maximum absolute atomic E-state index is 11.4. The Hall–Kier alpha value is -0.620. The molecule has 1 saturated heterocycles. The SMILES string of the molecule is CCC(N)C(=O)NC1CCCS(=O)(=O)C1. The first-order chi connectivity index (χ1) is 6.94. The number of nitrogens with two attached hydrogens (primary N) is 1. The summed E-state index contributed by atoms with van der Waals surface area (Å²) < 4.78 is 22.6. The minimum absolute atomic E-state index is 0.0508. The second kappa shape index (κ2) is 4.94. The average Bonchev–Trinajstić information content (AvgIpc) is 2.14. The lowest BCUT2D eigenvalue weighted by Gasteiger charge is -2.24. The molecule has 88 valence electrons. The molecule has 0 bridgehead atoms. The molecule has 2 atom stereocenters.